The summed E-state index contributed by atoms with van der Waals surface area (Å²) in [5.74, 6) is 1.04. The molecule has 1 aliphatic heterocycles. The number of anilines is 2. The molecule has 7 heteroatoms. The second-order valence-electron chi connectivity index (χ2n) is 6.01. The van der Waals surface area contributed by atoms with E-state index in [2.05, 4.69) is 0 Å². The Balaban J connectivity index is 2.01. The molecule has 1 aliphatic rings. The highest BCUT2D eigenvalue weighted by atomic mass is 32.2. The predicted molar refractivity (Wildman–Crippen MR) is 98.4 cm³/mol. The first kappa shape index (κ1) is 17.4. The summed E-state index contributed by atoms with van der Waals surface area (Å²) in [7, 11) is 1.60. The van der Waals surface area contributed by atoms with E-state index in [-0.39, 0.29) is 4.90 Å². The van der Waals surface area contributed by atoms with Crippen molar-refractivity contribution < 1.29 is 17.9 Å². The Morgan fingerprint density at radius 1 is 0.880 bits per heavy atom. The summed E-state index contributed by atoms with van der Waals surface area (Å²) in [5.41, 5.74) is 1.43. The van der Waals surface area contributed by atoms with Crippen LogP contribution in [0.5, 0.6) is 11.5 Å². The van der Waals surface area contributed by atoms with Gasteiger partial charge in [-0.25, -0.2) is 8.42 Å². The number of sulfonamides is 1. The fraction of sp³-hybridized carbons (Fsp3) is 0.333. The minimum atomic E-state index is -3.72. The van der Waals surface area contributed by atoms with E-state index in [1.165, 1.54) is 10.4 Å². The second kappa shape index (κ2) is 6.84. The van der Waals surface area contributed by atoms with Gasteiger partial charge in [0.1, 0.15) is 0 Å². The van der Waals surface area contributed by atoms with Gasteiger partial charge in [0.05, 0.1) is 29.5 Å². The van der Waals surface area contributed by atoms with Crippen molar-refractivity contribution in [3.8, 4) is 11.5 Å². The highest BCUT2D eigenvalue weighted by Crippen LogP contribution is 2.35. The van der Waals surface area contributed by atoms with Crippen molar-refractivity contribution in [1.29, 1.82) is 0 Å². The number of rotatable bonds is 4. The van der Waals surface area contributed by atoms with Gasteiger partial charge in [-0.1, -0.05) is 12.1 Å². The van der Waals surface area contributed by atoms with Gasteiger partial charge in [0.15, 0.2) is 11.5 Å². The molecule has 3 rings (SSSR count). The zero-order valence-corrected chi connectivity index (χ0v) is 15.4. The average Bonchev–Trinajstić information content (AvgIpc) is 2.85. The van der Waals surface area contributed by atoms with Crippen LogP contribution in [0, 0.1) is 0 Å². The molecule has 0 saturated heterocycles. The maximum absolute atomic E-state index is 13.1. The molecular formula is C18H22N2O4S. The molecule has 6 nitrogen and oxygen atoms in total. The molecule has 1 heterocycles. The van der Waals surface area contributed by atoms with E-state index in [1.807, 2.05) is 37.2 Å². The molecule has 0 N–H and O–H groups in total. The van der Waals surface area contributed by atoms with Crippen LogP contribution in [0.15, 0.2) is 47.4 Å². The fourth-order valence-corrected chi connectivity index (χ4v) is 3.93. The lowest BCUT2D eigenvalue weighted by molar-refractivity contribution is 0.297. The van der Waals surface area contributed by atoms with Gasteiger partial charge in [0, 0.05) is 33.6 Å². The Bertz CT molecular complexity index is 865. The lowest BCUT2D eigenvalue weighted by Gasteiger charge is -2.25. The summed E-state index contributed by atoms with van der Waals surface area (Å²) < 4.78 is 38.7. The quantitative estimate of drug-likeness (QED) is 0.837. The van der Waals surface area contributed by atoms with Crippen LogP contribution in [0.1, 0.15) is 6.42 Å². The van der Waals surface area contributed by atoms with Crippen molar-refractivity contribution >= 4 is 21.4 Å². The molecule has 0 bridgehead atoms. The van der Waals surface area contributed by atoms with E-state index in [0.29, 0.717) is 30.4 Å². The summed E-state index contributed by atoms with van der Waals surface area (Å²) in [5, 5.41) is 0. The summed E-state index contributed by atoms with van der Waals surface area (Å²) in [6.07, 6.45) is 0.771. The Kier molecular flexibility index (Phi) is 4.76. The summed E-state index contributed by atoms with van der Waals surface area (Å²) in [4.78, 5) is 2.06. The summed E-state index contributed by atoms with van der Waals surface area (Å²) >= 11 is 0. The standard InChI is InChI=1S/C18H22N2O4S/c1-19(2)15-7-4-5-8-16(15)20(3)25(21,22)14-9-10-17-18(13-14)24-12-6-11-23-17/h4-5,7-10,13H,6,11-12H2,1-3H3. The van der Waals surface area contributed by atoms with Crippen LogP contribution in [0.25, 0.3) is 0 Å². The van der Waals surface area contributed by atoms with Crippen molar-refractivity contribution in [1.82, 2.24) is 0 Å². The van der Waals surface area contributed by atoms with E-state index in [1.54, 1.807) is 25.2 Å². The van der Waals surface area contributed by atoms with Crippen molar-refractivity contribution in [2.45, 2.75) is 11.3 Å². The lowest BCUT2D eigenvalue weighted by Crippen LogP contribution is -2.28. The number of hydrogen-bond acceptors (Lipinski definition) is 5. The highest BCUT2D eigenvalue weighted by Gasteiger charge is 2.25. The van der Waals surface area contributed by atoms with Gasteiger partial charge in [-0.3, -0.25) is 4.31 Å². The normalized spacial score (nSPS) is 13.9. The average molecular weight is 362 g/mol. The molecule has 0 aromatic heterocycles. The van der Waals surface area contributed by atoms with Crippen LogP contribution >= 0.6 is 0 Å². The van der Waals surface area contributed by atoms with Gasteiger partial charge in [-0.2, -0.15) is 0 Å². The van der Waals surface area contributed by atoms with E-state index in [9.17, 15) is 8.42 Å². The molecule has 0 amide bonds. The Hall–Kier alpha value is -2.41. The van der Waals surface area contributed by atoms with Gasteiger partial charge in [-0.05, 0) is 24.3 Å². The Morgan fingerprint density at radius 2 is 1.52 bits per heavy atom. The van der Waals surface area contributed by atoms with Crippen molar-refractivity contribution in [2.24, 2.45) is 0 Å². The van der Waals surface area contributed by atoms with Gasteiger partial charge < -0.3 is 14.4 Å². The first-order valence-electron chi connectivity index (χ1n) is 8.06. The fourth-order valence-electron chi connectivity index (χ4n) is 2.70. The zero-order chi connectivity index (χ0) is 18.0. The van der Waals surface area contributed by atoms with Crippen molar-refractivity contribution in [2.75, 3.05) is 43.6 Å². The van der Waals surface area contributed by atoms with Crippen LogP contribution in [0.4, 0.5) is 11.4 Å². The molecule has 0 atom stereocenters. The van der Waals surface area contributed by atoms with Crippen LogP contribution in [0.3, 0.4) is 0 Å². The Labute approximate surface area is 148 Å². The minimum absolute atomic E-state index is 0.174. The van der Waals surface area contributed by atoms with Crippen LogP contribution in [-0.2, 0) is 10.0 Å². The van der Waals surface area contributed by atoms with Crippen molar-refractivity contribution in [3.05, 3.63) is 42.5 Å². The van der Waals surface area contributed by atoms with Gasteiger partial charge in [0.25, 0.3) is 10.0 Å². The predicted octanol–water partition coefficient (Wildman–Crippen LogP) is 2.74. The third-order valence-corrected chi connectivity index (χ3v) is 5.85. The monoisotopic (exact) mass is 362 g/mol. The molecule has 2 aromatic rings. The molecule has 0 fully saturated rings. The lowest BCUT2D eigenvalue weighted by atomic mass is 10.2. The maximum atomic E-state index is 13.1. The second-order valence-corrected chi connectivity index (χ2v) is 7.98. The molecule has 25 heavy (non-hydrogen) atoms. The number of para-hydroxylation sites is 2. The molecule has 0 saturated carbocycles. The third-order valence-electron chi connectivity index (χ3n) is 4.08. The molecule has 2 aromatic carbocycles. The first-order valence-corrected chi connectivity index (χ1v) is 9.50. The minimum Gasteiger partial charge on any atom is -0.490 e. The highest BCUT2D eigenvalue weighted by molar-refractivity contribution is 7.92. The largest absolute Gasteiger partial charge is 0.490 e. The molecule has 0 unspecified atom stereocenters. The van der Waals surface area contributed by atoms with E-state index >= 15 is 0 Å². The third kappa shape index (κ3) is 3.37. The molecule has 0 aliphatic carbocycles. The van der Waals surface area contributed by atoms with E-state index in [4.69, 9.17) is 9.47 Å². The van der Waals surface area contributed by atoms with Crippen LogP contribution < -0.4 is 18.7 Å². The SMILES string of the molecule is CN(C)c1ccccc1N(C)S(=O)(=O)c1ccc2c(c1)OCCCO2. The number of benzene rings is 2. The van der Waals surface area contributed by atoms with Gasteiger partial charge >= 0.3 is 0 Å². The summed E-state index contributed by atoms with van der Waals surface area (Å²) in [6.45, 7) is 1.07. The topological polar surface area (TPSA) is 59.1 Å². The summed E-state index contributed by atoms with van der Waals surface area (Å²) in [6, 6.07) is 12.1. The van der Waals surface area contributed by atoms with Gasteiger partial charge in [-0.15, -0.1) is 0 Å². The van der Waals surface area contributed by atoms with E-state index in [0.717, 1.165) is 12.1 Å². The van der Waals surface area contributed by atoms with E-state index < -0.39 is 10.0 Å². The van der Waals surface area contributed by atoms with Crippen LogP contribution in [-0.4, -0.2) is 42.8 Å². The van der Waals surface area contributed by atoms with Gasteiger partial charge in [0.2, 0.25) is 0 Å². The molecule has 134 valence electrons. The molecule has 0 spiro atoms. The molecular weight excluding hydrogens is 340 g/mol. The van der Waals surface area contributed by atoms with Crippen LogP contribution in [0.2, 0.25) is 0 Å². The number of hydrogen-bond donors (Lipinski definition) is 0. The smallest absolute Gasteiger partial charge is 0.264 e. The number of fused-ring (bicyclic) bond motifs is 1. The maximum Gasteiger partial charge on any atom is 0.264 e. The zero-order valence-electron chi connectivity index (χ0n) is 14.6. The number of nitrogens with zero attached hydrogens (tertiary/aromatic N) is 2. The first-order chi connectivity index (χ1) is 11.9. The molecule has 0 radical (unpaired) electrons. The van der Waals surface area contributed by atoms with Crippen molar-refractivity contribution in [3.63, 3.8) is 0 Å². The number of ether oxygens (including phenoxy) is 2. The Morgan fingerprint density at radius 3 is 2.20 bits per heavy atom.